The highest BCUT2D eigenvalue weighted by Gasteiger charge is 2.56. The molecule has 0 bridgehead atoms. The number of hydrogen-bond acceptors (Lipinski definition) is 0. The molecule has 0 aliphatic heterocycles. The molecule has 0 nitrogen and oxygen atoms in total. The summed E-state index contributed by atoms with van der Waals surface area (Å²) in [4.78, 5) is 0. The van der Waals surface area contributed by atoms with Crippen LogP contribution in [0, 0.1) is 58.7 Å². The molecule has 3 fully saturated rings. The van der Waals surface area contributed by atoms with E-state index in [0.29, 0.717) is 5.41 Å². The summed E-state index contributed by atoms with van der Waals surface area (Å²) in [5, 5.41) is 0. The van der Waals surface area contributed by atoms with Gasteiger partial charge in [0.05, 0.1) is 0 Å². The summed E-state index contributed by atoms with van der Waals surface area (Å²) >= 11 is 0. The monoisotopic (exact) mass is 398 g/mol. The van der Waals surface area contributed by atoms with Crippen molar-refractivity contribution >= 4 is 0 Å². The van der Waals surface area contributed by atoms with Crippen LogP contribution in [0.15, 0.2) is 11.6 Å². The Morgan fingerprint density at radius 3 is 2.45 bits per heavy atom. The molecular formula is C29H50. The molecule has 0 heteroatoms. The Balaban J connectivity index is 1.44. The van der Waals surface area contributed by atoms with Crippen LogP contribution in [0.3, 0.4) is 0 Å². The molecule has 8 unspecified atom stereocenters. The molecule has 0 amide bonds. The molecule has 3 saturated carbocycles. The molecule has 4 rings (SSSR count). The van der Waals surface area contributed by atoms with Gasteiger partial charge in [-0.15, -0.1) is 0 Å². The van der Waals surface area contributed by atoms with Gasteiger partial charge in [-0.2, -0.15) is 0 Å². The molecule has 4 aliphatic rings. The summed E-state index contributed by atoms with van der Waals surface area (Å²) < 4.78 is 0. The number of fused-ring (bicyclic) bond motifs is 5. The van der Waals surface area contributed by atoms with Crippen molar-refractivity contribution in [3.8, 4) is 0 Å². The molecule has 0 aromatic carbocycles. The Bertz CT molecular complexity index is 583. The lowest BCUT2D eigenvalue weighted by molar-refractivity contribution is -0.0270. The Labute approximate surface area is 182 Å². The van der Waals surface area contributed by atoms with E-state index >= 15 is 0 Å². The molecule has 166 valence electrons. The third-order valence-corrected chi connectivity index (χ3v) is 10.6. The van der Waals surface area contributed by atoms with Gasteiger partial charge in [-0.05, 0) is 110 Å². The van der Waals surface area contributed by atoms with Gasteiger partial charge in [-0.1, -0.05) is 72.5 Å². The Kier molecular flexibility index (Phi) is 6.59. The second kappa shape index (κ2) is 8.70. The van der Waals surface area contributed by atoms with Gasteiger partial charge in [0, 0.05) is 0 Å². The predicted molar refractivity (Wildman–Crippen MR) is 127 cm³/mol. The molecule has 0 spiro atoms. The van der Waals surface area contributed by atoms with Crippen LogP contribution in [-0.2, 0) is 0 Å². The Hall–Kier alpha value is -0.260. The van der Waals surface area contributed by atoms with E-state index in [2.05, 4.69) is 47.6 Å². The molecule has 0 radical (unpaired) electrons. The molecule has 4 aliphatic carbocycles. The summed E-state index contributed by atoms with van der Waals surface area (Å²) in [6.45, 7) is 15.0. The van der Waals surface area contributed by atoms with Gasteiger partial charge in [0.1, 0.15) is 0 Å². The minimum absolute atomic E-state index is 0.652. The summed E-state index contributed by atoms with van der Waals surface area (Å²) in [5.74, 6) is 8.71. The van der Waals surface area contributed by atoms with Crippen LogP contribution in [0.2, 0.25) is 0 Å². The molecule has 0 saturated heterocycles. The van der Waals surface area contributed by atoms with Crippen molar-refractivity contribution in [1.29, 1.82) is 0 Å². The summed E-state index contributed by atoms with van der Waals surface area (Å²) in [6.07, 6.45) is 19.1. The lowest BCUT2D eigenvalue weighted by Crippen LogP contribution is -2.46. The van der Waals surface area contributed by atoms with Crippen molar-refractivity contribution in [2.45, 2.75) is 112 Å². The van der Waals surface area contributed by atoms with E-state index in [1.807, 2.05) is 5.57 Å². The van der Waals surface area contributed by atoms with Gasteiger partial charge in [0.25, 0.3) is 0 Å². The molecular weight excluding hydrogens is 348 g/mol. The minimum Gasteiger partial charge on any atom is -0.0847 e. The fraction of sp³-hybridized carbons (Fsp3) is 0.931. The van der Waals surface area contributed by atoms with Gasteiger partial charge < -0.3 is 0 Å². The number of hydrogen-bond donors (Lipinski definition) is 0. The van der Waals surface area contributed by atoms with Gasteiger partial charge in [-0.25, -0.2) is 0 Å². The van der Waals surface area contributed by atoms with E-state index in [0.717, 1.165) is 53.3 Å². The summed E-state index contributed by atoms with van der Waals surface area (Å²) in [6, 6.07) is 0. The van der Waals surface area contributed by atoms with E-state index in [4.69, 9.17) is 0 Å². The fourth-order valence-corrected chi connectivity index (χ4v) is 8.90. The summed E-state index contributed by atoms with van der Waals surface area (Å²) in [5.41, 5.74) is 2.55. The normalized spacial score (nSPS) is 43.0. The van der Waals surface area contributed by atoms with E-state index in [1.165, 1.54) is 57.8 Å². The van der Waals surface area contributed by atoms with Gasteiger partial charge in [-0.3, -0.25) is 0 Å². The standard InChI is InChI=1S/C29H50/c1-19(2)8-7-9-21(5)27-14-15-28-26-13-11-23-18-22(20(3)4)10-12-24(23)25(26)16-17-29(27,28)6/h11,19-22,24-28H,7-10,12-18H2,1-6H3. The van der Waals surface area contributed by atoms with Crippen molar-refractivity contribution in [3.63, 3.8) is 0 Å². The second-order valence-corrected chi connectivity index (χ2v) is 12.9. The van der Waals surface area contributed by atoms with Crippen LogP contribution in [0.1, 0.15) is 112 Å². The zero-order valence-electron chi connectivity index (χ0n) is 20.6. The SMILES string of the molecule is CC(C)CCCC(C)C1CCC2C3CC=C4CC(C(C)C)CCC4C3CCC12C. The Morgan fingerprint density at radius 2 is 1.72 bits per heavy atom. The van der Waals surface area contributed by atoms with Crippen molar-refractivity contribution in [2.24, 2.45) is 58.7 Å². The van der Waals surface area contributed by atoms with Gasteiger partial charge in [0.15, 0.2) is 0 Å². The smallest absolute Gasteiger partial charge is 0.0172 e. The van der Waals surface area contributed by atoms with Gasteiger partial charge >= 0.3 is 0 Å². The van der Waals surface area contributed by atoms with E-state index < -0.39 is 0 Å². The molecule has 29 heavy (non-hydrogen) atoms. The van der Waals surface area contributed by atoms with E-state index in [-0.39, 0.29) is 0 Å². The van der Waals surface area contributed by atoms with Crippen molar-refractivity contribution in [2.75, 3.05) is 0 Å². The first kappa shape index (κ1) is 22.0. The molecule has 0 N–H and O–H groups in total. The van der Waals surface area contributed by atoms with Crippen LogP contribution in [-0.4, -0.2) is 0 Å². The zero-order chi connectivity index (χ0) is 20.8. The van der Waals surface area contributed by atoms with Crippen LogP contribution in [0.25, 0.3) is 0 Å². The van der Waals surface area contributed by atoms with Crippen LogP contribution in [0.4, 0.5) is 0 Å². The van der Waals surface area contributed by atoms with E-state index in [1.54, 1.807) is 12.8 Å². The molecule has 0 aromatic rings. The summed E-state index contributed by atoms with van der Waals surface area (Å²) in [7, 11) is 0. The first-order valence-electron chi connectivity index (χ1n) is 13.5. The van der Waals surface area contributed by atoms with Crippen LogP contribution in [0.5, 0.6) is 0 Å². The van der Waals surface area contributed by atoms with Crippen molar-refractivity contribution in [3.05, 3.63) is 11.6 Å². The lowest BCUT2D eigenvalue weighted by atomic mass is 9.50. The highest BCUT2D eigenvalue weighted by atomic mass is 14.6. The highest BCUT2D eigenvalue weighted by molar-refractivity contribution is 5.20. The molecule has 0 aromatic heterocycles. The first-order valence-corrected chi connectivity index (χ1v) is 13.5. The Morgan fingerprint density at radius 1 is 0.931 bits per heavy atom. The highest BCUT2D eigenvalue weighted by Crippen LogP contribution is 2.65. The predicted octanol–water partition coefficient (Wildman–Crippen LogP) is 8.91. The topological polar surface area (TPSA) is 0 Å². The van der Waals surface area contributed by atoms with Crippen molar-refractivity contribution in [1.82, 2.24) is 0 Å². The van der Waals surface area contributed by atoms with Crippen LogP contribution >= 0.6 is 0 Å². The average Bonchev–Trinajstić information content (AvgIpc) is 3.04. The lowest BCUT2D eigenvalue weighted by Gasteiger charge is -2.54. The quantitative estimate of drug-likeness (QED) is 0.392. The number of rotatable bonds is 6. The van der Waals surface area contributed by atoms with Crippen LogP contribution < -0.4 is 0 Å². The maximum Gasteiger partial charge on any atom is -0.0172 e. The zero-order valence-corrected chi connectivity index (χ0v) is 20.6. The average molecular weight is 399 g/mol. The second-order valence-electron chi connectivity index (χ2n) is 12.9. The van der Waals surface area contributed by atoms with E-state index in [9.17, 15) is 0 Å². The third-order valence-electron chi connectivity index (χ3n) is 10.6. The molecule has 8 atom stereocenters. The maximum absolute atomic E-state index is 2.77. The molecule has 0 heterocycles. The van der Waals surface area contributed by atoms with Gasteiger partial charge in [0.2, 0.25) is 0 Å². The number of allylic oxidation sites excluding steroid dienone is 2. The van der Waals surface area contributed by atoms with Crippen molar-refractivity contribution < 1.29 is 0 Å². The third kappa shape index (κ3) is 4.13. The first-order chi connectivity index (χ1) is 13.8. The fourth-order valence-electron chi connectivity index (χ4n) is 8.90. The maximum atomic E-state index is 2.77. The minimum atomic E-state index is 0.652. The largest absolute Gasteiger partial charge is 0.0847 e.